The van der Waals surface area contributed by atoms with Gasteiger partial charge in [0, 0.05) is 6.54 Å². The fraction of sp³-hybridized carbons (Fsp3) is 0.700. The van der Waals surface area contributed by atoms with Crippen LogP contribution in [0.5, 0.6) is 0 Å². The smallest absolute Gasteiger partial charge is 0.152 e. The fourth-order valence-electron chi connectivity index (χ4n) is 2.27. The Morgan fingerprint density at radius 2 is 2.17 bits per heavy atom. The van der Waals surface area contributed by atoms with Gasteiger partial charge < -0.3 is 0 Å². The van der Waals surface area contributed by atoms with Gasteiger partial charge in [-0.2, -0.15) is 0 Å². The zero-order valence-corrected chi connectivity index (χ0v) is 7.55. The van der Waals surface area contributed by atoms with Gasteiger partial charge in [-0.25, -0.2) is 0 Å². The summed E-state index contributed by atoms with van der Waals surface area (Å²) in [5, 5.41) is 0. The second-order valence-electron chi connectivity index (χ2n) is 3.88. The fourth-order valence-corrected chi connectivity index (χ4v) is 2.27. The van der Waals surface area contributed by atoms with Crippen molar-refractivity contribution >= 4 is 5.78 Å². The molecule has 0 amide bonds. The highest BCUT2D eigenvalue weighted by Crippen LogP contribution is 2.31. The van der Waals surface area contributed by atoms with Gasteiger partial charge in [-0.3, -0.25) is 9.69 Å². The minimum absolute atomic E-state index is 0.207. The summed E-state index contributed by atoms with van der Waals surface area (Å²) < 4.78 is 0. The highest BCUT2D eigenvalue weighted by atomic mass is 16.1. The Morgan fingerprint density at radius 1 is 1.50 bits per heavy atom. The summed E-state index contributed by atoms with van der Waals surface area (Å²) in [6, 6.07) is 0. The van der Waals surface area contributed by atoms with Crippen molar-refractivity contribution in [3.05, 3.63) is 11.6 Å². The average molecular weight is 165 g/mol. The molecule has 0 aromatic carbocycles. The lowest BCUT2D eigenvalue weighted by molar-refractivity contribution is -0.112. The summed E-state index contributed by atoms with van der Waals surface area (Å²) in [6.07, 6.45) is 4.37. The first-order valence-electron chi connectivity index (χ1n) is 4.69. The van der Waals surface area contributed by atoms with Gasteiger partial charge in [-0.15, -0.1) is 0 Å². The number of piperidine rings is 3. The molecule has 3 heterocycles. The first-order valence-corrected chi connectivity index (χ1v) is 4.69. The van der Waals surface area contributed by atoms with E-state index >= 15 is 0 Å². The average Bonchev–Trinajstić information content (AvgIpc) is 2.05. The normalized spacial score (nSPS) is 37.2. The van der Waals surface area contributed by atoms with Crippen molar-refractivity contribution in [3.63, 3.8) is 0 Å². The van der Waals surface area contributed by atoms with Crippen LogP contribution >= 0.6 is 0 Å². The van der Waals surface area contributed by atoms with Crippen LogP contribution in [0.2, 0.25) is 0 Å². The van der Waals surface area contributed by atoms with E-state index in [1.165, 1.54) is 31.5 Å². The van der Waals surface area contributed by atoms with Crippen molar-refractivity contribution in [2.75, 3.05) is 19.6 Å². The maximum Gasteiger partial charge on any atom is 0.152 e. The molecule has 2 bridgehead atoms. The summed E-state index contributed by atoms with van der Waals surface area (Å²) in [5.41, 5.74) is 1.38. The number of allylic oxidation sites excluding steroid dienone is 1. The maximum atomic E-state index is 10.9. The molecule has 0 aromatic rings. The number of nitrogens with zero attached hydrogens (tertiary/aromatic N) is 1. The molecule has 3 aliphatic rings. The van der Waals surface area contributed by atoms with Crippen LogP contribution in [0.4, 0.5) is 0 Å². The Labute approximate surface area is 73.2 Å². The first kappa shape index (κ1) is 7.99. The molecule has 0 radical (unpaired) electrons. The summed E-state index contributed by atoms with van der Waals surface area (Å²) in [7, 11) is 0. The van der Waals surface area contributed by atoms with Gasteiger partial charge >= 0.3 is 0 Å². The number of hydrogen-bond donors (Lipinski definition) is 0. The van der Waals surface area contributed by atoms with Crippen LogP contribution in [0.1, 0.15) is 19.8 Å². The molecule has 3 fully saturated rings. The van der Waals surface area contributed by atoms with Gasteiger partial charge in [0.25, 0.3) is 0 Å². The van der Waals surface area contributed by atoms with Crippen LogP contribution in [-0.4, -0.2) is 30.3 Å². The zero-order valence-electron chi connectivity index (χ0n) is 7.55. The summed E-state index contributed by atoms with van der Waals surface area (Å²) in [6.45, 7) is 5.16. The van der Waals surface area contributed by atoms with E-state index in [4.69, 9.17) is 0 Å². The molecule has 2 heteroatoms. The second-order valence-corrected chi connectivity index (χ2v) is 3.88. The van der Waals surface area contributed by atoms with Crippen molar-refractivity contribution in [1.82, 2.24) is 4.90 Å². The Kier molecular flexibility index (Phi) is 2.01. The number of carbonyl (C=O) groups excluding carboxylic acids is 1. The third kappa shape index (κ3) is 1.44. The van der Waals surface area contributed by atoms with Crippen LogP contribution in [-0.2, 0) is 4.79 Å². The molecule has 2 nitrogen and oxygen atoms in total. The third-order valence-corrected chi connectivity index (χ3v) is 2.91. The molecule has 3 saturated heterocycles. The quantitative estimate of drug-likeness (QED) is 0.545. The van der Waals surface area contributed by atoms with E-state index in [2.05, 4.69) is 4.90 Å². The molecular formula is C10H15NO. The lowest BCUT2D eigenvalue weighted by Crippen LogP contribution is -2.43. The van der Waals surface area contributed by atoms with E-state index in [-0.39, 0.29) is 5.78 Å². The number of rotatable bonds is 1. The van der Waals surface area contributed by atoms with Gasteiger partial charge in [0.05, 0.1) is 0 Å². The van der Waals surface area contributed by atoms with Crippen molar-refractivity contribution in [3.8, 4) is 0 Å². The molecule has 66 valence electrons. The topological polar surface area (TPSA) is 20.3 Å². The molecule has 3 aliphatic heterocycles. The van der Waals surface area contributed by atoms with E-state index in [0.29, 0.717) is 0 Å². The molecular weight excluding hydrogens is 150 g/mol. The summed E-state index contributed by atoms with van der Waals surface area (Å²) >= 11 is 0. The molecule has 0 N–H and O–H groups in total. The monoisotopic (exact) mass is 165 g/mol. The SMILES string of the molecule is CC(=O)/C=C1\CN2CCC1CC2. The lowest BCUT2D eigenvalue weighted by Gasteiger charge is -2.40. The van der Waals surface area contributed by atoms with Crippen molar-refractivity contribution < 1.29 is 4.79 Å². The lowest BCUT2D eigenvalue weighted by atomic mass is 9.83. The molecule has 0 saturated carbocycles. The third-order valence-electron chi connectivity index (χ3n) is 2.91. The van der Waals surface area contributed by atoms with E-state index in [1.54, 1.807) is 6.92 Å². The van der Waals surface area contributed by atoms with Gasteiger partial charge in [-0.05, 0) is 50.4 Å². The van der Waals surface area contributed by atoms with Crippen LogP contribution in [0.25, 0.3) is 0 Å². The molecule has 12 heavy (non-hydrogen) atoms. The molecule has 0 aliphatic carbocycles. The van der Waals surface area contributed by atoms with Crippen LogP contribution in [0.15, 0.2) is 11.6 Å². The number of fused-ring (bicyclic) bond motifs is 3. The van der Waals surface area contributed by atoms with E-state index in [1.807, 2.05) is 6.08 Å². The molecule has 0 spiro atoms. The van der Waals surface area contributed by atoms with Gasteiger partial charge in [0.1, 0.15) is 0 Å². The Balaban J connectivity index is 2.13. The first-order chi connectivity index (χ1) is 5.75. The van der Waals surface area contributed by atoms with Crippen molar-refractivity contribution in [1.29, 1.82) is 0 Å². The van der Waals surface area contributed by atoms with E-state index in [0.717, 1.165) is 12.5 Å². The maximum absolute atomic E-state index is 10.9. The number of ketones is 1. The van der Waals surface area contributed by atoms with Crippen LogP contribution < -0.4 is 0 Å². The molecule has 0 unspecified atom stereocenters. The zero-order chi connectivity index (χ0) is 8.55. The predicted octanol–water partition coefficient (Wildman–Crippen LogP) is 1.23. The van der Waals surface area contributed by atoms with Gasteiger partial charge in [0.2, 0.25) is 0 Å². The number of carbonyl (C=O) groups is 1. The minimum atomic E-state index is 0.207. The van der Waals surface area contributed by atoms with Gasteiger partial charge in [-0.1, -0.05) is 0 Å². The summed E-state index contributed by atoms with van der Waals surface area (Å²) in [4.78, 5) is 13.3. The largest absolute Gasteiger partial charge is 0.299 e. The highest BCUT2D eigenvalue weighted by molar-refractivity contribution is 5.88. The Morgan fingerprint density at radius 3 is 2.58 bits per heavy atom. The number of hydrogen-bond acceptors (Lipinski definition) is 2. The van der Waals surface area contributed by atoms with Crippen molar-refractivity contribution in [2.24, 2.45) is 5.92 Å². The van der Waals surface area contributed by atoms with E-state index in [9.17, 15) is 4.79 Å². The van der Waals surface area contributed by atoms with Gasteiger partial charge in [0.15, 0.2) is 5.78 Å². The highest BCUT2D eigenvalue weighted by Gasteiger charge is 2.29. The molecule has 0 atom stereocenters. The summed E-state index contributed by atoms with van der Waals surface area (Å²) in [5.74, 6) is 0.928. The standard InChI is InChI=1S/C10H15NO/c1-8(12)6-10-7-11-4-2-9(10)3-5-11/h6,9H,2-5,7H2,1H3/b10-6+. The Bertz CT molecular complexity index is 224. The molecule has 3 rings (SSSR count). The van der Waals surface area contributed by atoms with Crippen molar-refractivity contribution in [2.45, 2.75) is 19.8 Å². The van der Waals surface area contributed by atoms with Crippen LogP contribution in [0, 0.1) is 5.92 Å². The Hall–Kier alpha value is -0.630. The van der Waals surface area contributed by atoms with E-state index < -0.39 is 0 Å². The minimum Gasteiger partial charge on any atom is -0.299 e. The molecule has 0 aromatic heterocycles. The van der Waals surface area contributed by atoms with Crippen LogP contribution in [0.3, 0.4) is 0 Å². The predicted molar refractivity (Wildman–Crippen MR) is 47.9 cm³/mol. The second kappa shape index (κ2) is 3.02.